The number of rotatable bonds is 3. The maximum Gasteiger partial charge on any atom is 0.321 e. The standard InChI is InChI=1S/C15H18F2N2O3/c1-2-22-14(20)10-4-3-5-19(9-10)15(21)18-13-7-11(16)6-12(17)8-13/h6-8,10H,2-5,9H2,1H3,(H,18,21). The van der Waals surface area contributed by atoms with Crippen LogP contribution in [-0.4, -0.2) is 36.6 Å². The number of hydrogen-bond donors (Lipinski definition) is 1. The van der Waals surface area contributed by atoms with E-state index in [1.165, 1.54) is 4.90 Å². The second-order valence-corrected chi connectivity index (χ2v) is 5.13. The molecule has 22 heavy (non-hydrogen) atoms. The molecule has 1 N–H and O–H groups in total. The molecule has 120 valence electrons. The quantitative estimate of drug-likeness (QED) is 0.873. The molecular weight excluding hydrogens is 294 g/mol. The molecule has 1 saturated heterocycles. The summed E-state index contributed by atoms with van der Waals surface area (Å²) in [4.78, 5) is 25.3. The number of amides is 2. The first-order chi connectivity index (χ1) is 10.5. The van der Waals surface area contributed by atoms with Gasteiger partial charge in [0.2, 0.25) is 0 Å². The van der Waals surface area contributed by atoms with Crippen LogP contribution in [0.5, 0.6) is 0 Å². The van der Waals surface area contributed by atoms with Gasteiger partial charge in [-0.05, 0) is 31.9 Å². The molecule has 1 fully saturated rings. The molecule has 7 heteroatoms. The highest BCUT2D eigenvalue weighted by Crippen LogP contribution is 2.20. The predicted molar refractivity (Wildman–Crippen MR) is 76.3 cm³/mol. The molecule has 5 nitrogen and oxygen atoms in total. The first-order valence-electron chi connectivity index (χ1n) is 7.18. The summed E-state index contributed by atoms with van der Waals surface area (Å²) < 4.78 is 31.2. The number of halogens is 2. The number of piperidine rings is 1. The molecule has 2 amide bonds. The zero-order valence-corrected chi connectivity index (χ0v) is 12.3. The lowest BCUT2D eigenvalue weighted by atomic mass is 9.98. The van der Waals surface area contributed by atoms with E-state index in [9.17, 15) is 18.4 Å². The van der Waals surface area contributed by atoms with Crippen LogP contribution >= 0.6 is 0 Å². The van der Waals surface area contributed by atoms with Crippen molar-refractivity contribution in [2.45, 2.75) is 19.8 Å². The van der Waals surface area contributed by atoms with Crippen LogP contribution in [-0.2, 0) is 9.53 Å². The van der Waals surface area contributed by atoms with Crippen molar-refractivity contribution in [3.05, 3.63) is 29.8 Å². The Morgan fingerprint density at radius 1 is 1.32 bits per heavy atom. The summed E-state index contributed by atoms with van der Waals surface area (Å²) in [5.74, 6) is -2.21. The molecular formula is C15H18F2N2O3. The molecule has 2 rings (SSSR count). The van der Waals surface area contributed by atoms with Gasteiger partial charge in [-0.3, -0.25) is 4.79 Å². The Balaban J connectivity index is 1.98. The molecule has 0 saturated carbocycles. The zero-order valence-electron chi connectivity index (χ0n) is 12.3. The van der Waals surface area contributed by atoms with Gasteiger partial charge >= 0.3 is 12.0 Å². The normalized spacial score (nSPS) is 18.0. The minimum absolute atomic E-state index is 0.0424. The molecule has 1 aliphatic rings. The Bertz CT molecular complexity index is 545. The highest BCUT2D eigenvalue weighted by atomic mass is 19.1. The average Bonchev–Trinajstić information content (AvgIpc) is 2.46. The summed E-state index contributed by atoms with van der Waals surface area (Å²) in [6.45, 7) is 2.75. The fourth-order valence-corrected chi connectivity index (χ4v) is 2.44. The number of esters is 1. The Morgan fingerprint density at radius 2 is 2.00 bits per heavy atom. The van der Waals surface area contributed by atoms with E-state index in [4.69, 9.17) is 4.74 Å². The molecule has 1 atom stereocenters. The van der Waals surface area contributed by atoms with E-state index in [1.54, 1.807) is 6.92 Å². The van der Waals surface area contributed by atoms with Crippen molar-refractivity contribution in [2.75, 3.05) is 25.0 Å². The lowest BCUT2D eigenvalue weighted by molar-refractivity contribution is -0.149. The van der Waals surface area contributed by atoms with Gasteiger partial charge in [0.1, 0.15) is 11.6 Å². The minimum atomic E-state index is -0.765. The van der Waals surface area contributed by atoms with Crippen molar-refractivity contribution in [3.63, 3.8) is 0 Å². The van der Waals surface area contributed by atoms with E-state index in [1.807, 2.05) is 0 Å². The Hall–Kier alpha value is -2.18. The third-order valence-corrected chi connectivity index (χ3v) is 3.44. The highest BCUT2D eigenvalue weighted by molar-refractivity contribution is 5.89. The smallest absolute Gasteiger partial charge is 0.321 e. The number of carbonyl (C=O) groups excluding carboxylic acids is 2. The van der Waals surface area contributed by atoms with Crippen molar-refractivity contribution >= 4 is 17.7 Å². The molecule has 1 aromatic carbocycles. The molecule has 0 bridgehead atoms. The summed E-state index contributed by atoms with van der Waals surface area (Å²) in [5.41, 5.74) is 0.0424. The van der Waals surface area contributed by atoms with Crippen molar-refractivity contribution in [1.82, 2.24) is 4.90 Å². The highest BCUT2D eigenvalue weighted by Gasteiger charge is 2.29. The van der Waals surface area contributed by atoms with Crippen LogP contribution in [0, 0.1) is 17.6 Å². The number of ether oxygens (including phenoxy) is 1. The van der Waals surface area contributed by atoms with Crippen LogP contribution in [0.1, 0.15) is 19.8 Å². The van der Waals surface area contributed by atoms with Gasteiger partial charge in [-0.2, -0.15) is 0 Å². The fraction of sp³-hybridized carbons (Fsp3) is 0.467. The SMILES string of the molecule is CCOC(=O)C1CCCN(C(=O)Nc2cc(F)cc(F)c2)C1. The van der Waals surface area contributed by atoms with Crippen LogP contribution in [0.2, 0.25) is 0 Å². The van der Waals surface area contributed by atoms with Gasteiger partial charge in [0.05, 0.1) is 12.5 Å². The summed E-state index contributed by atoms with van der Waals surface area (Å²) in [6, 6.07) is 2.31. The Kier molecular flexibility index (Phi) is 5.30. The van der Waals surface area contributed by atoms with Gasteiger partial charge in [-0.1, -0.05) is 0 Å². The summed E-state index contributed by atoms with van der Waals surface area (Å²) in [5, 5.41) is 2.44. The zero-order chi connectivity index (χ0) is 16.1. The van der Waals surface area contributed by atoms with E-state index in [-0.39, 0.29) is 24.1 Å². The molecule has 0 radical (unpaired) electrons. The van der Waals surface area contributed by atoms with Crippen molar-refractivity contribution in [2.24, 2.45) is 5.92 Å². The van der Waals surface area contributed by atoms with Gasteiger partial charge < -0.3 is 15.0 Å². The molecule has 0 spiro atoms. The number of likely N-dealkylation sites (tertiary alicyclic amines) is 1. The molecule has 0 aliphatic carbocycles. The lowest BCUT2D eigenvalue weighted by Gasteiger charge is -2.31. The van der Waals surface area contributed by atoms with Crippen molar-refractivity contribution < 1.29 is 23.1 Å². The van der Waals surface area contributed by atoms with Gasteiger partial charge in [0.15, 0.2) is 0 Å². The first-order valence-corrected chi connectivity index (χ1v) is 7.18. The number of carbonyl (C=O) groups is 2. The van der Waals surface area contributed by atoms with Crippen LogP contribution in [0.25, 0.3) is 0 Å². The molecule has 1 heterocycles. The maximum atomic E-state index is 13.1. The summed E-state index contributed by atoms with van der Waals surface area (Å²) in [7, 11) is 0. The number of anilines is 1. The van der Waals surface area contributed by atoms with E-state index in [0.29, 0.717) is 26.0 Å². The average molecular weight is 312 g/mol. The van der Waals surface area contributed by atoms with Crippen LogP contribution in [0.3, 0.4) is 0 Å². The topological polar surface area (TPSA) is 58.6 Å². The second-order valence-electron chi connectivity index (χ2n) is 5.13. The van der Waals surface area contributed by atoms with Gasteiger partial charge in [0, 0.05) is 24.8 Å². The number of nitrogens with zero attached hydrogens (tertiary/aromatic N) is 1. The number of hydrogen-bond acceptors (Lipinski definition) is 3. The molecule has 0 aromatic heterocycles. The summed E-state index contributed by atoms with van der Waals surface area (Å²) in [6.07, 6.45) is 1.34. The maximum absolute atomic E-state index is 13.1. The number of urea groups is 1. The van der Waals surface area contributed by atoms with Gasteiger partial charge in [-0.25, -0.2) is 13.6 Å². The van der Waals surface area contributed by atoms with Crippen LogP contribution in [0.15, 0.2) is 18.2 Å². The third-order valence-electron chi connectivity index (χ3n) is 3.44. The van der Waals surface area contributed by atoms with Crippen molar-refractivity contribution in [3.8, 4) is 0 Å². The van der Waals surface area contributed by atoms with E-state index >= 15 is 0 Å². The largest absolute Gasteiger partial charge is 0.466 e. The monoisotopic (exact) mass is 312 g/mol. The molecule has 1 aliphatic heterocycles. The fourth-order valence-electron chi connectivity index (χ4n) is 2.44. The van der Waals surface area contributed by atoms with Crippen LogP contribution in [0.4, 0.5) is 19.3 Å². The van der Waals surface area contributed by atoms with E-state index in [0.717, 1.165) is 18.2 Å². The minimum Gasteiger partial charge on any atom is -0.466 e. The van der Waals surface area contributed by atoms with E-state index < -0.39 is 17.7 Å². The summed E-state index contributed by atoms with van der Waals surface area (Å²) >= 11 is 0. The van der Waals surface area contributed by atoms with Crippen molar-refractivity contribution in [1.29, 1.82) is 0 Å². The number of nitrogens with one attached hydrogen (secondary N) is 1. The molecule has 1 unspecified atom stereocenters. The van der Waals surface area contributed by atoms with E-state index in [2.05, 4.69) is 5.32 Å². The first kappa shape index (κ1) is 16.2. The third kappa shape index (κ3) is 4.16. The van der Waals surface area contributed by atoms with Gasteiger partial charge in [-0.15, -0.1) is 0 Å². The second kappa shape index (κ2) is 7.20. The Labute approximate surface area is 127 Å². The lowest BCUT2D eigenvalue weighted by Crippen LogP contribution is -2.44. The van der Waals surface area contributed by atoms with Crippen LogP contribution < -0.4 is 5.32 Å². The number of benzene rings is 1. The van der Waals surface area contributed by atoms with Gasteiger partial charge in [0.25, 0.3) is 0 Å². The predicted octanol–water partition coefficient (Wildman–Crippen LogP) is 2.77. The molecule has 1 aromatic rings. The Morgan fingerprint density at radius 3 is 2.64 bits per heavy atom.